The molecule has 2 aromatic carbocycles. The molecular weight excluding hydrogens is 288 g/mol. The molecule has 0 fully saturated rings. The van der Waals surface area contributed by atoms with E-state index in [2.05, 4.69) is 4.99 Å². The number of carbonyl (C=O) groups excluding carboxylic acids is 1. The highest BCUT2D eigenvalue weighted by Crippen LogP contribution is 2.20. The van der Waals surface area contributed by atoms with E-state index in [4.69, 9.17) is 4.74 Å². The molecule has 116 valence electrons. The highest BCUT2D eigenvalue weighted by molar-refractivity contribution is 6.12. The first-order valence-corrected chi connectivity index (χ1v) is 7.40. The second kappa shape index (κ2) is 6.08. The van der Waals surface area contributed by atoms with E-state index in [0.717, 1.165) is 22.4 Å². The number of aliphatic imine (C=N–C) groups is 1. The summed E-state index contributed by atoms with van der Waals surface area (Å²) >= 11 is 0. The molecular formula is C19H18N2O2. The molecule has 0 unspecified atom stereocenters. The molecule has 1 aliphatic rings. The van der Waals surface area contributed by atoms with Gasteiger partial charge in [0, 0.05) is 25.3 Å². The van der Waals surface area contributed by atoms with Gasteiger partial charge in [-0.25, -0.2) is 9.79 Å². The van der Waals surface area contributed by atoms with Gasteiger partial charge in [0.05, 0.1) is 0 Å². The van der Waals surface area contributed by atoms with Crippen molar-refractivity contribution in [3.8, 4) is 0 Å². The molecule has 0 aromatic heterocycles. The Labute approximate surface area is 135 Å². The lowest BCUT2D eigenvalue weighted by molar-refractivity contribution is -0.129. The summed E-state index contributed by atoms with van der Waals surface area (Å²) < 4.78 is 5.27. The van der Waals surface area contributed by atoms with Crippen molar-refractivity contribution in [2.75, 3.05) is 19.0 Å². The lowest BCUT2D eigenvalue weighted by Gasteiger charge is -2.11. The van der Waals surface area contributed by atoms with Crippen molar-refractivity contribution in [1.82, 2.24) is 0 Å². The van der Waals surface area contributed by atoms with Crippen LogP contribution < -0.4 is 4.90 Å². The van der Waals surface area contributed by atoms with Crippen molar-refractivity contribution in [2.24, 2.45) is 4.99 Å². The molecule has 0 atom stereocenters. The molecule has 0 saturated heterocycles. The molecule has 0 amide bonds. The standard InChI is InChI=1S/C19H18N2O2/c1-13-4-8-15(9-5-13)18-20-17(19(22)23-18)12-14-6-10-16(11-7-14)21(2)3/h4-12H,1-3H3/b17-12+. The monoisotopic (exact) mass is 306 g/mol. The van der Waals surface area contributed by atoms with Crippen LogP contribution in [0.5, 0.6) is 0 Å². The molecule has 0 bridgehead atoms. The first-order chi connectivity index (χ1) is 11.0. The molecule has 0 spiro atoms. The van der Waals surface area contributed by atoms with Crippen LogP contribution in [-0.2, 0) is 9.53 Å². The zero-order valence-electron chi connectivity index (χ0n) is 13.4. The molecule has 1 aliphatic heterocycles. The third-order valence-electron chi connectivity index (χ3n) is 3.63. The Morgan fingerprint density at radius 3 is 2.26 bits per heavy atom. The number of anilines is 1. The minimum absolute atomic E-state index is 0.318. The van der Waals surface area contributed by atoms with E-state index in [1.807, 2.05) is 74.4 Å². The maximum absolute atomic E-state index is 12.0. The maximum Gasteiger partial charge on any atom is 0.363 e. The Hall–Kier alpha value is -2.88. The van der Waals surface area contributed by atoms with Crippen LogP contribution in [0.4, 0.5) is 5.69 Å². The SMILES string of the molecule is Cc1ccc(C2=N/C(=C/c3ccc(N(C)C)cc3)C(=O)O2)cc1. The van der Waals surface area contributed by atoms with Crippen LogP contribution in [0.1, 0.15) is 16.7 Å². The number of carbonyl (C=O) groups is 1. The summed E-state index contributed by atoms with van der Waals surface area (Å²) in [4.78, 5) is 18.3. The Morgan fingerprint density at radius 1 is 1.00 bits per heavy atom. The van der Waals surface area contributed by atoms with Crippen molar-refractivity contribution in [2.45, 2.75) is 6.92 Å². The van der Waals surface area contributed by atoms with Gasteiger partial charge in [0.15, 0.2) is 5.70 Å². The number of cyclic esters (lactones) is 1. The molecule has 3 rings (SSSR count). The van der Waals surface area contributed by atoms with Gasteiger partial charge in [-0.2, -0.15) is 0 Å². The zero-order valence-corrected chi connectivity index (χ0v) is 13.4. The molecule has 4 nitrogen and oxygen atoms in total. The summed E-state index contributed by atoms with van der Waals surface area (Å²) in [7, 11) is 3.97. The zero-order chi connectivity index (χ0) is 16.4. The number of rotatable bonds is 3. The van der Waals surface area contributed by atoms with Crippen molar-refractivity contribution >= 4 is 23.6 Å². The normalized spacial score (nSPS) is 15.5. The second-order valence-electron chi connectivity index (χ2n) is 5.69. The Bertz CT molecular complexity index is 785. The Kier molecular flexibility index (Phi) is 3.98. The number of ether oxygens (including phenoxy) is 1. The van der Waals surface area contributed by atoms with Gasteiger partial charge in [0.2, 0.25) is 5.90 Å². The lowest BCUT2D eigenvalue weighted by Crippen LogP contribution is -2.08. The third-order valence-corrected chi connectivity index (χ3v) is 3.63. The van der Waals surface area contributed by atoms with E-state index in [0.29, 0.717) is 11.6 Å². The van der Waals surface area contributed by atoms with E-state index in [1.165, 1.54) is 0 Å². The second-order valence-corrected chi connectivity index (χ2v) is 5.69. The highest BCUT2D eigenvalue weighted by Gasteiger charge is 2.23. The van der Waals surface area contributed by atoms with Gasteiger partial charge in [0.1, 0.15) is 0 Å². The molecule has 0 N–H and O–H groups in total. The first kappa shape index (κ1) is 15.0. The minimum atomic E-state index is -0.419. The average molecular weight is 306 g/mol. The predicted octanol–water partition coefficient (Wildman–Crippen LogP) is 3.41. The molecule has 2 aromatic rings. The number of aryl methyl sites for hydroxylation is 1. The van der Waals surface area contributed by atoms with E-state index in [9.17, 15) is 4.79 Å². The molecule has 23 heavy (non-hydrogen) atoms. The van der Waals surface area contributed by atoms with Crippen molar-refractivity contribution < 1.29 is 9.53 Å². The van der Waals surface area contributed by atoms with Crippen LogP contribution in [0.2, 0.25) is 0 Å². The Balaban J connectivity index is 1.87. The average Bonchev–Trinajstić information content (AvgIpc) is 2.89. The number of hydrogen-bond donors (Lipinski definition) is 0. The quantitative estimate of drug-likeness (QED) is 0.644. The van der Waals surface area contributed by atoms with Gasteiger partial charge in [0.25, 0.3) is 0 Å². The largest absolute Gasteiger partial charge is 0.402 e. The summed E-state index contributed by atoms with van der Waals surface area (Å²) in [6, 6.07) is 15.6. The van der Waals surface area contributed by atoms with Crippen molar-refractivity contribution in [3.63, 3.8) is 0 Å². The van der Waals surface area contributed by atoms with Gasteiger partial charge < -0.3 is 9.64 Å². The topological polar surface area (TPSA) is 41.9 Å². The first-order valence-electron chi connectivity index (χ1n) is 7.40. The lowest BCUT2D eigenvalue weighted by atomic mass is 10.1. The third kappa shape index (κ3) is 3.31. The summed E-state index contributed by atoms with van der Waals surface area (Å²) in [6.45, 7) is 2.01. The summed E-state index contributed by atoms with van der Waals surface area (Å²) in [5.41, 5.74) is 4.28. The van der Waals surface area contributed by atoms with Crippen LogP contribution in [0.3, 0.4) is 0 Å². The van der Waals surface area contributed by atoms with Gasteiger partial charge >= 0.3 is 5.97 Å². The van der Waals surface area contributed by atoms with Crippen LogP contribution in [-0.4, -0.2) is 26.0 Å². The summed E-state index contributed by atoms with van der Waals surface area (Å²) in [5, 5.41) is 0. The molecule has 4 heteroatoms. The fourth-order valence-corrected chi connectivity index (χ4v) is 2.26. The number of benzene rings is 2. The van der Waals surface area contributed by atoms with E-state index < -0.39 is 5.97 Å². The summed E-state index contributed by atoms with van der Waals surface area (Å²) in [6.07, 6.45) is 1.74. The molecule has 1 heterocycles. The number of esters is 1. The van der Waals surface area contributed by atoms with Crippen LogP contribution >= 0.6 is 0 Å². The van der Waals surface area contributed by atoms with E-state index in [-0.39, 0.29) is 0 Å². The van der Waals surface area contributed by atoms with Crippen LogP contribution in [0, 0.1) is 6.92 Å². The maximum atomic E-state index is 12.0. The van der Waals surface area contributed by atoms with Gasteiger partial charge in [-0.3, -0.25) is 0 Å². The molecule has 0 radical (unpaired) electrons. The minimum Gasteiger partial charge on any atom is -0.402 e. The number of nitrogens with zero attached hydrogens (tertiary/aromatic N) is 2. The molecule has 0 aliphatic carbocycles. The van der Waals surface area contributed by atoms with Crippen LogP contribution in [0.25, 0.3) is 6.08 Å². The van der Waals surface area contributed by atoms with E-state index in [1.54, 1.807) is 6.08 Å². The highest BCUT2D eigenvalue weighted by atomic mass is 16.6. The molecule has 0 saturated carbocycles. The summed E-state index contributed by atoms with van der Waals surface area (Å²) in [5.74, 6) is -0.0663. The Morgan fingerprint density at radius 2 is 1.65 bits per heavy atom. The van der Waals surface area contributed by atoms with Gasteiger partial charge in [-0.05, 0) is 42.8 Å². The fraction of sp³-hybridized carbons (Fsp3) is 0.158. The number of hydrogen-bond acceptors (Lipinski definition) is 4. The van der Waals surface area contributed by atoms with Gasteiger partial charge in [-0.15, -0.1) is 0 Å². The van der Waals surface area contributed by atoms with E-state index >= 15 is 0 Å². The van der Waals surface area contributed by atoms with Crippen molar-refractivity contribution in [1.29, 1.82) is 0 Å². The van der Waals surface area contributed by atoms with Gasteiger partial charge in [-0.1, -0.05) is 29.8 Å². The van der Waals surface area contributed by atoms with Crippen LogP contribution in [0.15, 0.2) is 59.2 Å². The predicted molar refractivity (Wildman–Crippen MR) is 92.6 cm³/mol. The smallest absolute Gasteiger partial charge is 0.363 e. The fourth-order valence-electron chi connectivity index (χ4n) is 2.26. The van der Waals surface area contributed by atoms with Crippen molar-refractivity contribution in [3.05, 3.63) is 70.9 Å².